The maximum absolute atomic E-state index is 13.5. The van der Waals surface area contributed by atoms with Crippen LogP contribution < -0.4 is 19.7 Å². The predicted molar refractivity (Wildman–Crippen MR) is 150 cm³/mol. The van der Waals surface area contributed by atoms with Gasteiger partial charge in [-0.15, -0.1) is 0 Å². The first-order valence-electron chi connectivity index (χ1n) is 13.6. The molecule has 3 aliphatic rings. The van der Waals surface area contributed by atoms with E-state index in [1.165, 1.54) is 36.8 Å². The molecule has 2 bridgehead atoms. The molecule has 3 aromatic rings. The molecule has 3 amide bonds. The average Bonchev–Trinajstić information content (AvgIpc) is 3.67. The lowest BCUT2D eigenvalue weighted by atomic mass is 9.73. The molecule has 1 saturated heterocycles. The zero-order chi connectivity index (χ0) is 28.7. The minimum Gasteiger partial charge on any atom is -0.497 e. The molecule has 0 radical (unpaired) electrons. The van der Waals surface area contributed by atoms with E-state index < -0.39 is 18.5 Å². The predicted octanol–water partition coefficient (Wildman–Crippen LogP) is 4.43. The van der Waals surface area contributed by atoms with Crippen LogP contribution in [0.2, 0.25) is 0 Å². The zero-order valence-electron chi connectivity index (χ0n) is 22.7. The number of methoxy groups -OCH3 is 2. The van der Waals surface area contributed by atoms with E-state index in [9.17, 15) is 19.2 Å². The number of rotatable bonds is 8. The van der Waals surface area contributed by atoms with E-state index in [1.807, 2.05) is 18.2 Å². The van der Waals surface area contributed by atoms with Gasteiger partial charge in [0, 0.05) is 6.07 Å². The van der Waals surface area contributed by atoms with E-state index in [4.69, 9.17) is 14.2 Å². The molecule has 2 aliphatic carbocycles. The van der Waals surface area contributed by atoms with E-state index in [1.54, 1.807) is 30.3 Å². The fourth-order valence-corrected chi connectivity index (χ4v) is 6.85. The van der Waals surface area contributed by atoms with Gasteiger partial charge in [-0.3, -0.25) is 19.3 Å². The number of ether oxygens (including phenoxy) is 3. The van der Waals surface area contributed by atoms with Crippen molar-refractivity contribution in [2.75, 3.05) is 31.0 Å². The summed E-state index contributed by atoms with van der Waals surface area (Å²) in [5, 5.41) is 2.64. The van der Waals surface area contributed by atoms with Crippen LogP contribution in [0.3, 0.4) is 0 Å². The highest BCUT2D eigenvalue weighted by molar-refractivity contribution is 6.22. The first-order valence-corrected chi connectivity index (χ1v) is 13.6. The number of benzene rings is 3. The van der Waals surface area contributed by atoms with Gasteiger partial charge >= 0.3 is 5.97 Å². The number of imide groups is 1. The molecule has 6 rings (SSSR count). The number of nitrogens with one attached hydrogen (secondary N) is 1. The molecule has 1 N–H and O–H groups in total. The third-order valence-corrected chi connectivity index (χ3v) is 8.62. The van der Waals surface area contributed by atoms with Gasteiger partial charge in [0.25, 0.3) is 5.91 Å². The summed E-state index contributed by atoms with van der Waals surface area (Å²) >= 11 is 0. The normalized spacial score (nSPS) is 24.2. The van der Waals surface area contributed by atoms with E-state index in [0.717, 1.165) is 12.8 Å². The lowest BCUT2D eigenvalue weighted by molar-refractivity contribution is -0.123. The SMILES string of the molecule is COc1ccc(NC(=O)COC(=O)c2ccc(N3C(=O)[C@@H]4[C@@H]5C[C@@H]([C@H]4C3=O)[C@@H](c3ccccc3)C5)cc2)c(OC)c1. The number of amides is 3. The second-order valence-electron chi connectivity index (χ2n) is 10.7. The van der Waals surface area contributed by atoms with Crippen LogP contribution in [0.5, 0.6) is 11.5 Å². The van der Waals surface area contributed by atoms with Gasteiger partial charge in [-0.25, -0.2) is 4.79 Å². The Morgan fingerprint density at radius 3 is 2.32 bits per heavy atom. The van der Waals surface area contributed by atoms with E-state index in [2.05, 4.69) is 17.4 Å². The van der Waals surface area contributed by atoms with Crippen molar-refractivity contribution in [3.63, 3.8) is 0 Å². The summed E-state index contributed by atoms with van der Waals surface area (Å²) in [6.45, 7) is -0.506. The molecular weight excluding hydrogens is 524 g/mol. The molecule has 1 aliphatic heterocycles. The van der Waals surface area contributed by atoms with Crippen molar-refractivity contribution < 1.29 is 33.4 Å². The Balaban J connectivity index is 1.08. The Bertz CT molecular complexity index is 1500. The lowest BCUT2D eigenvalue weighted by Crippen LogP contribution is -2.33. The number of fused-ring (bicyclic) bond motifs is 5. The second kappa shape index (κ2) is 10.7. The van der Waals surface area contributed by atoms with Gasteiger partial charge in [-0.05, 0) is 72.6 Å². The molecule has 9 nitrogen and oxygen atoms in total. The second-order valence-corrected chi connectivity index (χ2v) is 10.7. The molecule has 2 saturated carbocycles. The summed E-state index contributed by atoms with van der Waals surface area (Å²) in [6, 6.07) is 21.3. The Kier molecular flexibility index (Phi) is 6.95. The lowest BCUT2D eigenvalue weighted by Gasteiger charge is -2.28. The van der Waals surface area contributed by atoms with Crippen molar-refractivity contribution in [1.29, 1.82) is 0 Å². The van der Waals surface area contributed by atoms with E-state index >= 15 is 0 Å². The maximum atomic E-state index is 13.5. The molecule has 3 aromatic carbocycles. The van der Waals surface area contributed by atoms with Crippen LogP contribution in [0, 0.1) is 23.7 Å². The van der Waals surface area contributed by atoms with Crippen molar-refractivity contribution in [2.24, 2.45) is 23.7 Å². The van der Waals surface area contributed by atoms with Crippen molar-refractivity contribution in [3.8, 4) is 11.5 Å². The number of hydrogen-bond acceptors (Lipinski definition) is 7. The van der Waals surface area contributed by atoms with Gasteiger partial charge in [0.05, 0.1) is 43.0 Å². The van der Waals surface area contributed by atoms with Crippen LogP contribution in [0.15, 0.2) is 72.8 Å². The smallest absolute Gasteiger partial charge is 0.338 e. The monoisotopic (exact) mass is 554 g/mol. The Morgan fingerprint density at radius 1 is 0.878 bits per heavy atom. The first kappa shape index (κ1) is 26.6. The largest absolute Gasteiger partial charge is 0.497 e. The fourth-order valence-electron chi connectivity index (χ4n) is 6.85. The number of carbonyl (C=O) groups is 4. The summed E-state index contributed by atoms with van der Waals surface area (Å²) in [4.78, 5) is 53.2. The standard InChI is InChI=1S/C32H30N2O7/c1-39-22-12-13-25(26(16-22)40-2)33-27(35)17-41-32(38)19-8-10-21(11-9-19)34-30(36)28-20-14-23(18-6-4-3-5-7-18)24(15-20)29(28)31(34)37/h3-13,16,20,23-24,28-29H,14-15,17H2,1-2H3,(H,33,35)/t20-,23+,24+,28+,29+/m0/s1. The van der Waals surface area contributed by atoms with Gasteiger partial charge in [-0.2, -0.15) is 0 Å². The van der Waals surface area contributed by atoms with Crippen molar-refractivity contribution in [1.82, 2.24) is 0 Å². The summed E-state index contributed by atoms with van der Waals surface area (Å²) in [5.74, 6) is -0.513. The quantitative estimate of drug-likeness (QED) is 0.324. The van der Waals surface area contributed by atoms with Gasteiger partial charge in [0.2, 0.25) is 11.8 Å². The minimum absolute atomic E-state index is 0.153. The Morgan fingerprint density at radius 2 is 1.61 bits per heavy atom. The number of esters is 1. The molecule has 9 heteroatoms. The van der Waals surface area contributed by atoms with Crippen molar-refractivity contribution in [3.05, 3.63) is 83.9 Å². The number of carbonyl (C=O) groups excluding carboxylic acids is 4. The van der Waals surface area contributed by atoms with Gasteiger partial charge < -0.3 is 19.5 Å². The van der Waals surface area contributed by atoms with Gasteiger partial charge in [0.1, 0.15) is 11.5 Å². The molecule has 1 heterocycles. The number of anilines is 2. The van der Waals surface area contributed by atoms with Crippen LogP contribution in [-0.4, -0.2) is 44.5 Å². The van der Waals surface area contributed by atoms with Crippen LogP contribution >= 0.6 is 0 Å². The van der Waals surface area contributed by atoms with Crippen LogP contribution in [0.1, 0.15) is 34.7 Å². The van der Waals surface area contributed by atoms with Crippen LogP contribution in [-0.2, 0) is 19.1 Å². The number of hydrogen-bond donors (Lipinski definition) is 1. The van der Waals surface area contributed by atoms with Crippen molar-refractivity contribution >= 4 is 35.1 Å². The fraction of sp³-hybridized carbons (Fsp3) is 0.312. The summed E-state index contributed by atoms with van der Waals surface area (Å²) in [6.07, 6.45) is 1.83. The molecule has 41 heavy (non-hydrogen) atoms. The Labute approximate surface area is 237 Å². The van der Waals surface area contributed by atoms with E-state index in [-0.39, 0.29) is 41.0 Å². The minimum atomic E-state index is -0.701. The van der Waals surface area contributed by atoms with E-state index in [0.29, 0.717) is 28.8 Å². The molecule has 0 aromatic heterocycles. The summed E-state index contributed by atoms with van der Waals surface area (Å²) < 4.78 is 15.6. The Hall–Kier alpha value is -4.66. The van der Waals surface area contributed by atoms with Crippen molar-refractivity contribution in [2.45, 2.75) is 18.8 Å². The average molecular weight is 555 g/mol. The van der Waals surface area contributed by atoms with Crippen LogP contribution in [0.25, 0.3) is 0 Å². The third-order valence-electron chi connectivity index (χ3n) is 8.62. The number of nitrogens with zero attached hydrogens (tertiary/aromatic N) is 1. The van der Waals surface area contributed by atoms with Gasteiger partial charge in [0.15, 0.2) is 6.61 Å². The topological polar surface area (TPSA) is 111 Å². The molecule has 0 spiro atoms. The zero-order valence-corrected chi connectivity index (χ0v) is 22.7. The first-order chi connectivity index (χ1) is 19.9. The van der Waals surface area contributed by atoms with Crippen LogP contribution in [0.4, 0.5) is 11.4 Å². The van der Waals surface area contributed by atoms with Gasteiger partial charge in [-0.1, -0.05) is 30.3 Å². The highest BCUT2D eigenvalue weighted by Gasteiger charge is 2.64. The highest BCUT2D eigenvalue weighted by atomic mass is 16.5. The highest BCUT2D eigenvalue weighted by Crippen LogP contribution is 2.61. The molecular formula is C32H30N2O7. The summed E-state index contributed by atoms with van der Waals surface area (Å²) in [7, 11) is 2.99. The molecule has 3 fully saturated rings. The summed E-state index contributed by atoms with van der Waals surface area (Å²) in [5.41, 5.74) is 2.28. The molecule has 210 valence electrons. The third kappa shape index (κ3) is 4.71. The molecule has 0 unspecified atom stereocenters. The maximum Gasteiger partial charge on any atom is 0.338 e. The molecule has 5 atom stereocenters.